The average Bonchev–Trinajstić information content (AvgIpc) is 2.45. The van der Waals surface area contributed by atoms with Crippen LogP contribution in [0, 0.1) is 5.92 Å². The number of carbonyl (C=O) groups is 1. The Balaban J connectivity index is 2.22. The topological polar surface area (TPSA) is 68.0 Å². The predicted octanol–water partition coefficient (Wildman–Crippen LogP) is 2.79. The Bertz CT molecular complexity index is 581. The van der Waals surface area contributed by atoms with Crippen molar-refractivity contribution in [2.75, 3.05) is 5.73 Å². The third-order valence-corrected chi connectivity index (χ3v) is 3.17. The fourth-order valence-corrected chi connectivity index (χ4v) is 2.11. The molecule has 0 fully saturated rings. The Kier molecular flexibility index (Phi) is 4.35. The number of anilines is 1. The van der Waals surface area contributed by atoms with Gasteiger partial charge in [0.25, 0.3) is 5.91 Å². The number of hydrogen-bond donors (Lipinski definition) is 2. The van der Waals surface area contributed by atoms with Gasteiger partial charge in [0.1, 0.15) is 0 Å². The summed E-state index contributed by atoms with van der Waals surface area (Å²) in [6.07, 6.45) is 1.57. The van der Waals surface area contributed by atoms with Crippen LogP contribution >= 0.6 is 0 Å². The number of nitrogen functional groups attached to an aromatic ring is 1. The molecule has 2 aromatic rings. The van der Waals surface area contributed by atoms with E-state index in [-0.39, 0.29) is 23.6 Å². The number of nitrogens with one attached hydrogen (secondary N) is 1. The van der Waals surface area contributed by atoms with Crippen LogP contribution in [-0.4, -0.2) is 10.9 Å². The van der Waals surface area contributed by atoms with E-state index in [1.807, 2.05) is 30.3 Å². The zero-order valence-corrected chi connectivity index (χ0v) is 11.7. The van der Waals surface area contributed by atoms with Crippen LogP contribution in [0.25, 0.3) is 0 Å². The first-order chi connectivity index (χ1) is 9.59. The van der Waals surface area contributed by atoms with Gasteiger partial charge in [-0.25, -0.2) is 4.98 Å². The SMILES string of the molecule is CC(C)C(NC(=O)c1ncccc1N)c1ccccc1. The van der Waals surface area contributed by atoms with Crippen LogP contribution < -0.4 is 11.1 Å². The summed E-state index contributed by atoms with van der Waals surface area (Å²) in [7, 11) is 0. The van der Waals surface area contributed by atoms with E-state index in [0.717, 1.165) is 5.56 Å². The van der Waals surface area contributed by atoms with Gasteiger partial charge in [-0.15, -0.1) is 0 Å². The largest absolute Gasteiger partial charge is 0.397 e. The number of pyridine rings is 1. The second-order valence-electron chi connectivity index (χ2n) is 5.05. The van der Waals surface area contributed by atoms with Crippen molar-refractivity contribution in [3.05, 3.63) is 59.9 Å². The van der Waals surface area contributed by atoms with Gasteiger partial charge in [-0.05, 0) is 23.6 Å². The summed E-state index contributed by atoms with van der Waals surface area (Å²) in [5, 5.41) is 3.01. The number of rotatable bonds is 4. The van der Waals surface area contributed by atoms with Gasteiger partial charge in [-0.3, -0.25) is 4.79 Å². The van der Waals surface area contributed by atoms with Crippen molar-refractivity contribution in [1.29, 1.82) is 0 Å². The molecule has 1 amide bonds. The van der Waals surface area contributed by atoms with Gasteiger partial charge in [-0.1, -0.05) is 44.2 Å². The lowest BCUT2D eigenvalue weighted by Gasteiger charge is -2.23. The normalized spacial score (nSPS) is 12.2. The van der Waals surface area contributed by atoms with Crippen molar-refractivity contribution in [2.45, 2.75) is 19.9 Å². The highest BCUT2D eigenvalue weighted by atomic mass is 16.2. The third-order valence-electron chi connectivity index (χ3n) is 3.17. The van der Waals surface area contributed by atoms with Crippen LogP contribution in [0.1, 0.15) is 35.9 Å². The number of carbonyl (C=O) groups excluding carboxylic acids is 1. The average molecular weight is 269 g/mol. The minimum atomic E-state index is -0.245. The quantitative estimate of drug-likeness (QED) is 0.896. The highest BCUT2D eigenvalue weighted by Crippen LogP contribution is 2.22. The Morgan fingerprint density at radius 2 is 1.85 bits per heavy atom. The van der Waals surface area contributed by atoms with Crippen molar-refractivity contribution >= 4 is 11.6 Å². The van der Waals surface area contributed by atoms with E-state index in [1.54, 1.807) is 18.3 Å². The van der Waals surface area contributed by atoms with Gasteiger partial charge in [-0.2, -0.15) is 0 Å². The summed E-state index contributed by atoms with van der Waals surface area (Å²) < 4.78 is 0. The lowest BCUT2D eigenvalue weighted by Crippen LogP contribution is -2.32. The van der Waals surface area contributed by atoms with E-state index in [4.69, 9.17) is 5.73 Å². The van der Waals surface area contributed by atoms with Crippen LogP contribution in [0.2, 0.25) is 0 Å². The fraction of sp³-hybridized carbons (Fsp3) is 0.250. The van der Waals surface area contributed by atoms with Gasteiger partial charge in [0.05, 0.1) is 11.7 Å². The first-order valence-electron chi connectivity index (χ1n) is 6.66. The standard InChI is InChI=1S/C16H19N3O/c1-11(2)14(12-7-4-3-5-8-12)19-16(20)15-13(17)9-6-10-18-15/h3-11,14H,17H2,1-2H3,(H,19,20). The molecule has 0 radical (unpaired) electrons. The Morgan fingerprint density at radius 1 is 1.15 bits per heavy atom. The molecule has 1 aromatic heterocycles. The van der Waals surface area contributed by atoms with Crippen molar-refractivity contribution in [2.24, 2.45) is 5.92 Å². The van der Waals surface area contributed by atoms with Crippen LogP contribution in [0.4, 0.5) is 5.69 Å². The first kappa shape index (κ1) is 14.1. The minimum absolute atomic E-state index is 0.0647. The fourth-order valence-electron chi connectivity index (χ4n) is 2.11. The summed E-state index contributed by atoms with van der Waals surface area (Å²) in [4.78, 5) is 16.3. The molecule has 1 aromatic carbocycles. The number of benzene rings is 1. The monoisotopic (exact) mass is 269 g/mol. The van der Waals surface area contributed by atoms with Gasteiger partial charge >= 0.3 is 0 Å². The van der Waals surface area contributed by atoms with Gasteiger partial charge in [0.15, 0.2) is 5.69 Å². The molecule has 1 atom stereocenters. The summed E-state index contributed by atoms with van der Waals surface area (Å²) >= 11 is 0. The van der Waals surface area contributed by atoms with Gasteiger partial charge in [0, 0.05) is 6.20 Å². The third kappa shape index (κ3) is 3.15. The maximum Gasteiger partial charge on any atom is 0.272 e. The van der Waals surface area contributed by atoms with E-state index in [2.05, 4.69) is 24.1 Å². The lowest BCUT2D eigenvalue weighted by atomic mass is 9.96. The van der Waals surface area contributed by atoms with Gasteiger partial charge < -0.3 is 11.1 Å². The highest BCUT2D eigenvalue weighted by molar-refractivity contribution is 5.97. The summed E-state index contributed by atoms with van der Waals surface area (Å²) in [5.41, 5.74) is 7.52. The molecule has 0 aliphatic heterocycles. The predicted molar refractivity (Wildman–Crippen MR) is 80.1 cm³/mol. The summed E-state index contributed by atoms with van der Waals surface area (Å²) in [5.74, 6) is 0.0249. The molecule has 0 saturated heterocycles. The van der Waals surface area contributed by atoms with Crippen LogP contribution in [0.15, 0.2) is 48.7 Å². The van der Waals surface area contributed by atoms with Crippen LogP contribution in [0.5, 0.6) is 0 Å². The molecule has 3 N–H and O–H groups in total. The summed E-state index contributed by atoms with van der Waals surface area (Å²) in [6, 6.07) is 13.2. The molecule has 0 spiro atoms. The van der Waals surface area contributed by atoms with Crippen molar-refractivity contribution in [3.63, 3.8) is 0 Å². The molecule has 20 heavy (non-hydrogen) atoms. The molecule has 0 aliphatic rings. The smallest absolute Gasteiger partial charge is 0.272 e. The van der Waals surface area contributed by atoms with E-state index >= 15 is 0 Å². The number of nitrogens with zero attached hydrogens (tertiary/aromatic N) is 1. The van der Waals surface area contributed by atoms with Crippen molar-refractivity contribution < 1.29 is 4.79 Å². The van der Waals surface area contributed by atoms with E-state index in [1.165, 1.54) is 0 Å². The Labute approximate surface area is 119 Å². The molecule has 1 unspecified atom stereocenters. The molecule has 1 heterocycles. The zero-order chi connectivity index (χ0) is 14.5. The second-order valence-corrected chi connectivity index (χ2v) is 5.05. The number of hydrogen-bond acceptors (Lipinski definition) is 3. The molecule has 2 rings (SSSR count). The Morgan fingerprint density at radius 3 is 2.45 bits per heavy atom. The molecule has 4 heteroatoms. The minimum Gasteiger partial charge on any atom is -0.397 e. The second kappa shape index (κ2) is 6.19. The molecule has 104 valence electrons. The molecule has 4 nitrogen and oxygen atoms in total. The van der Waals surface area contributed by atoms with E-state index in [0.29, 0.717) is 5.69 Å². The maximum atomic E-state index is 12.3. The molecule has 0 bridgehead atoms. The van der Waals surface area contributed by atoms with Crippen molar-refractivity contribution in [3.8, 4) is 0 Å². The van der Waals surface area contributed by atoms with Crippen LogP contribution in [-0.2, 0) is 0 Å². The summed E-state index contributed by atoms with van der Waals surface area (Å²) in [6.45, 7) is 4.14. The molecule has 0 aliphatic carbocycles. The highest BCUT2D eigenvalue weighted by Gasteiger charge is 2.20. The number of aromatic nitrogens is 1. The number of amides is 1. The maximum absolute atomic E-state index is 12.3. The molecular formula is C16H19N3O. The molecular weight excluding hydrogens is 250 g/mol. The van der Waals surface area contributed by atoms with E-state index < -0.39 is 0 Å². The zero-order valence-electron chi connectivity index (χ0n) is 11.7. The van der Waals surface area contributed by atoms with Crippen molar-refractivity contribution in [1.82, 2.24) is 10.3 Å². The van der Waals surface area contributed by atoms with Crippen LogP contribution in [0.3, 0.4) is 0 Å². The number of nitrogens with two attached hydrogens (primary N) is 1. The Hall–Kier alpha value is -2.36. The first-order valence-corrected chi connectivity index (χ1v) is 6.66. The van der Waals surface area contributed by atoms with Gasteiger partial charge in [0.2, 0.25) is 0 Å². The van der Waals surface area contributed by atoms with E-state index in [9.17, 15) is 4.79 Å². The lowest BCUT2D eigenvalue weighted by molar-refractivity contribution is 0.0921. The molecule has 0 saturated carbocycles.